The van der Waals surface area contributed by atoms with Crippen LogP contribution in [0.25, 0.3) is 0 Å². The summed E-state index contributed by atoms with van der Waals surface area (Å²) < 4.78 is 10.5. The lowest BCUT2D eigenvalue weighted by atomic mass is 10.1. The van der Waals surface area contributed by atoms with Gasteiger partial charge in [-0.1, -0.05) is 30.3 Å². The van der Waals surface area contributed by atoms with Gasteiger partial charge in [-0.2, -0.15) is 0 Å². The zero-order chi connectivity index (χ0) is 21.3. The van der Waals surface area contributed by atoms with Crippen LogP contribution in [0.1, 0.15) is 26.3 Å². The highest BCUT2D eigenvalue weighted by Gasteiger charge is 2.26. The molecule has 1 unspecified atom stereocenters. The molecule has 1 rings (SSSR count). The molecule has 0 aliphatic rings. The number of amides is 2. The molecule has 0 saturated heterocycles. The molecule has 0 aliphatic heterocycles. The Labute approximate surface area is 166 Å². The quantitative estimate of drug-likeness (QED) is 0.729. The normalized spacial score (nSPS) is 12.1. The van der Waals surface area contributed by atoms with Crippen LogP contribution in [0.5, 0.6) is 0 Å². The fraction of sp³-hybridized carbons (Fsp3) is 0.550. The molecule has 28 heavy (non-hydrogen) atoms. The molecule has 0 bridgehead atoms. The second-order valence-corrected chi connectivity index (χ2v) is 7.56. The fourth-order valence-corrected chi connectivity index (χ4v) is 2.28. The number of rotatable bonds is 8. The molecule has 1 N–H and O–H groups in total. The molecule has 0 heterocycles. The number of hydrogen-bond acceptors (Lipinski definition) is 6. The first-order chi connectivity index (χ1) is 13.0. The van der Waals surface area contributed by atoms with Crippen LogP contribution >= 0.6 is 0 Å². The van der Waals surface area contributed by atoms with E-state index in [-0.39, 0.29) is 25.5 Å². The first-order valence-corrected chi connectivity index (χ1v) is 9.09. The minimum atomic E-state index is -0.640. The molecule has 1 aromatic carbocycles. The highest BCUT2D eigenvalue weighted by Crippen LogP contribution is 2.09. The summed E-state index contributed by atoms with van der Waals surface area (Å²) in [6.45, 7) is 5.41. The summed E-state index contributed by atoms with van der Waals surface area (Å²) in [5, 5.41) is 2.88. The van der Waals surface area contributed by atoms with Gasteiger partial charge in [-0.05, 0) is 33.4 Å². The van der Waals surface area contributed by atoms with E-state index in [1.165, 1.54) is 16.8 Å². The average Bonchev–Trinajstić information content (AvgIpc) is 2.63. The van der Waals surface area contributed by atoms with E-state index < -0.39 is 23.8 Å². The third-order valence-electron chi connectivity index (χ3n) is 3.81. The maximum Gasteiger partial charge on any atom is 0.410 e. The van der Waals surface area contributed by atoms with E-state index in [1.807, 2.05) is 30.3 Å². The molecule has 156 valence electrons. The molecule has 1 atom stereocenters. The molecule has 0 fully saturated rings. The molecular formula is C20H31N3O5. The number of ether oxygens (including phenoxy) is 2. The van der Waals surface area contributed by atoms with Gasteiger partial charge in [0.05, 0.1) is 12.6 Å². The van der Waals surface area contributed by atoms with Gasteiger partial charge in [0, 0.05) is 20.6 Å². The minimum Gasteiger partial charge on any atom is -0.445 e. The van der Waals surface area contributed by atoms with Crippen LogP contribution in [0.15, 0.2) is 30.3 Å². The third kappa shape index (κ3) is 8.39. The molecule has 0 aromatic heterocycles. The van der Waals surface area contributed by atoms with E-state index in [9.17, 15) is 14.4 Å². The van der Waals surface area contributed by atoms with Crippen molar-refractivity contribution in [3.8, 4) is 0 Å². The van der Waals surface area contributed by atoms with Gasteiger partial charge in [0.2, 0.25) is 0 Å². The van der Waals surface area contributed by atoms with Crippen LogP contribution in [-0.2, 0) is 20.9 Å². The minimum absolute atomic E-state index is 0.116. The summed E-state index contributed by atoms with van der Waals surface area (Å²) in [6.07, 6.45) is -1.11. The standard InChI is InChI=1S/C20H31N3O5/c1-20(2,3)28-19(26)23(6)13-17(24)16(21-4)12-22(5)18(25)27-14-15-10-8-7-9-11-15/h7-11,16,21H,12-14H2,1-6H3. The molecule has 0 radical (unpaired) electrons. The Balaban J connectivity index is 2.53. The van der Waals surface area contributed by atoms with E-state index in [4.69, 9.17) is 9.47 Å². The maximum atomic E-state index is 12.5. The monoisotopic (exact) mass is 393 g/mol. The van der Waals surface area contributed by atoms with Crippen molar-refractivity contribution in [2.45, 2.75) is 39.0 Å². The van der Waals surface area contributed by atoms with Crippen molar-refractivity contribution in [2.24, 2.45) is 0 Å². The summed E-state index contributed by atoms with van der Waals surface area (Å²) in [4.78, 5) is 39.2. The van der Waals surface area contributed by atoms with Gasteiger partial charge in [-0.25, -0.2) is 9.59 Å². The lowest BCUT2D eigenvalue weighted by molar-refractivity contribution is -0.122. The van der Waals surface area contributed by atoms with Gasteiger partial charge in [-0.3, -0.25) is 4.79 Å². The Morgan fingerprint density at radius 2 is 1.64 bits per heavy atom. The Morgan fingerprint density at radius 3 is 2.18 bits per heavy atom. The molecule has 0 saturated carbocycles. The predicted octanol–water partition coefficient (Wildman–Crippen LogP) is 2.28. The van der Waals surface area contributed by atoms with E-state index in [0.717, 1.165) is 5.56 Å². The first-order valence-electron chi connectivity index (χ1n) is 9.09. The smallest absolute Gasteiger partial charge is 0.410 e. The Hall–Kier alpha value is -2.61. The van der Waals surface area contributed by atoms with Crippen molar-refractivity contribution in [1.29, 1.82) is 0 Å². The SMILES string of the molecule is CNC(CN(C)C(=O)OCc1ccccc1)C(=O)CN(C)C(=O)OC(C)(C)C. The third-order valence-corrected chi connectivity index (χ3v) is 3.81. The van der Waals surface area contributed by atoms with Crippen molar-refractivity contribution >= 4 is 18.0 Å². The van der Waals surface area contributed by atoms with Gasteiger partial charge in [0.25, 0.3) is 0 Å². The van der Waals surface area contributed by atoms with E-state index in [1.54, 1.807) is 34.9 Å². The number of carbonyl (C=O) groups excluding carboxylic acids is 3. The van der Waals surface area contributed by atoms with Crippen LogP contribution in [-0.4, -0.2) is 73.6 Å². The van der Waals surface area contributed by atoms with Gasteiger partial charge in [0.15, 0.2) is 5.78 Å². The molecule has 0 aliphatic carbocycles. The fourth-order valence-electron chi connectivity index (χ4n) is 2.28. The van der Waals surface area contributed by atoms with Gasteiger partial charge in [0.1, 0.15) is 12.2 Å². The van der Waals surface area contributed by atoms with Crippen LogP contribution in [0, 0.1) is 0 Å². The Morgan fingerprint density at radius 1 is 1.04 bits per heavy atom. The lowest BCUT2D eigenvalue weighted by Gasteiger charge is -2.26. The maximum absolute atomic E-state index is 12.5. The molecule has 2 amide bonds. The Kier molecular flexibility index (Phi) is 8.91. The number of ketones is 1. The molecule has 0 spiro atoms. The Bertz CT molecular complexity index is 658. The second kappa shape index (κ2) is 10.7. The zero-order valence-electron chi connectivity index (χ0n) is 17.5. The summed E-state index contributed by atoms with van der Waals surface area (Å²) in [5.74, 6) is -0.237. The van der Waals surface area contributed by atoms with E-state index in [0.29, 0.717) is 0 Å². The summed E-state index contributed by atoms with van der Waals surface area (Å²) in [6, 6.07) is 8.70. The van der Waals surface area contributed by atoms with Crippen LogP contribution < -0.4 is 5.32 Å². The number of nitrogens with one attached hydrogen (secondary N) is 1. The van der Waals surface area contributed by atoms with E-state index >= 15 is 0 Å². The highest BCUT2D eigenvalue weighted by atomic mass is 16.6. The molecular weight excluding hydrogens is 362 g/mol. The van der Waals surface area contributed by atoms with Crippen molar-refractivity contribution in [3.05, 3.63) is 35.9 Å². The number of carbonyl (C=O) groups is 3. The van der Waals surface area contributed by atoms with E-state index in [2.05, 4.69) is 5.32 Å². The van der Waals surface area contributed by atoms with Crippen molar-refractivity contribution < 1.29 is 23.9 Å². The number of likely N-dealkylation sites (N-methyl/N-ethyl adjacent to an activating group) is 3. The number of nitrogens with zero attached hydrogens (tertiary/aromatic N) is 2. The molecule has 8 heteroatoms. The number of Topliss-reactive ketones (excluding diaryl/α,β-unsaturated/α-hetero) is 1. The number of hydrogen-bond donors (Lipinski definition) is 1. The van der Waals surface area contributed by atoms with Crippen molar-refractivity contribution in [1.82, 2.24) is 15.1 Å². The summed E-state index contributed by atoms with van der Waals surface area (Å²) in [7, 11) is 4.68. The van der Waals surface area contributed by atoms with Gasteiger partial charge >= 0.3 is 12.2 Å². The molecule has 8 nitrogen and oxygen atoms in total. The summed E-state index contributed by atoms with van der Waals surface area (Å²) in [5.41, 5.74) is 0.240. The first kappa shape index (κ1) is 23.4. The lowest BCUT2D eigenvalue weighted by Crippen LogP contribution is -2.49. The van der Waals surface area contributed by atoms with Gasteiger partial charge in [-0.15, -0.1) is 0 Å². The predicted molar refractivity (Wildman–Crippen MR) is 106 cm³/mol. The second-order valence-electron chi connectivity index (χ2n) is 7.56. The average molecular weight is 393 g/mol. The molecule has 1 aromatic rings. The van der Waals surface area contributed by atoms with Crippen LogP contribution in [0.3, 0.4) is 0 Å². The van der Waals surface area contributed by atoms with Crippen molar-refractivity contribution in [2.75, 3.05) is 34.2 Å². The zero-order valence-corrected chi connectivity index (χ0v) is 17.5. The van der Waals surface area contributed by atoms with Gasteiger partial charge < -0.3 is 24.6 Å². The topological polar surface area (TPSA) is 88.2 Å². The summed E-state index contributed by atoms with van der Waals surface area (Å²) >= 11 is 0. The largest absolute Gasteiger partial charge is 0.445 e. The van der Waals surface area contributed by atoms with Crippen LogP contribution in [0.4, 0.5) is 9.59 Å². The van der Waals surface area contributed by atoms with Crippen LogP contribution in [0.2, 0.25) is 0 Å². The number of benzene rings is 1. The van der Waals surface area contributed by atoms with Crippen molar-refractivity contribution in [3.63, 3.8) is 0 Å². The highest BCUT2D eigenvalue weighted by molar-refractivity contribution is 5.89.